The molecule has 0 bridgehead atoms. The van der Waals surface area contributed by atoms with Crippen LogP contribution in [0.3, 0.4) is 0 Å². The van der Waals surface area contributed by atoms with E-state index in [1.165, 1.54) is 11.8 Å². The molecule has 6 rings (SSSR count). The largest absolute Gasteiger partial charge is 0.353 e. The Morgan fingerprint density at radius 2 is 1.48 bits per heavy atom. The smallest absolute Gasteiger partial charge is 0.240 e. The molecule has 0 aromatic heterocycles. The Labute approximate surface area is 179 Å². The zero-order valence-corrected chi connectivity index (χ0v) is 16.9. The third-order valence-electron chi connectivity index (χ3n) is 6.84. The Morgan fingerprint density at radius 3 is 2.32 bits per heavy atom. The Kier molecular flexibility index (Phi) is 3.72. The molecule has 3 aliphatic rings. The van der Waals surface area contributed by atoms with E-state index in [1.807, 2.05) is 83.8 Å². The quantitative estimate of drug-likeness (QED) is 0.605. The normalized spacial score (nSPS) is 26.2. The molecule has 0 saturated carbocycles. The molecule has 0 N–H and O–H groups in total. The maximum atomic E-state index is 13.7. The van der Waals surface area contributed by atoms with E-state index in [-0.39, 0.29) is 23.6 Å². The van der Waals surface area contributed by atoms with E-state index in [0.717, 1.165) is 22.0 Å². The summed E-state index contributed by atoms with van der Waals surface area (Å²) in [6.07, 6.45) is 3.97. The maximum absolute atomic E-state index is 13.7. The molecule has 0 spiro atoms. The van der Waals surface area contributed by atoms with Crippen molar-refractivity contribution < 1.29 is 14.4 Å². The van der Waals surface area contributed by atoms with Crippen molar-refractivity contribution in [1.29, 1.82) is 0 Å². The monoisotopic (exact) mass is 408 g/mol. The van der Waals surface area contributed by atoms with Gasteiger partial charge in [-0.05, 0) is 30.0 Å². The third-order valence-corrected chi connectivity index (χ3v) is 6.84. The van der Waals surface area contributed by atoms with Crippen LogP contribution >= 0.6 is 0 Å². The van der Waals surface area contributed by atoms with Crippen molar-refractivity contribution in [1.82, 2.24) is 0 Å². The van der Waals surface area contributed by atoms with E-state index in [2.05, 4.69) is 0 Å². The zero-order valence-electron chi connectivity index (χ0n) is 16.9. The summed E-state index contributed by atoms with van der Waals surface area (Å²) >= 11 is 0. The fourth-order valence-electron chi connectivity index (χ4n) is 5.61. The minimum absolute atomic E-state index is 0.0940. The van der Waals surface area contributed by atoms with Crippen LogP contribution in [0.25, 0.3) is 16.8 Å². The number of imide groups is 1. The number of carbonyl (C=O) groups is 3. The van der Waals surface area contributed by atoms with Crippen LogP contribution in [0.5, 0.6) is 0 Å². The van der Waals surface area contributed by atoms with E-state index < -0.39 is 17.9 Å². The first kappa shape index (κ1) is 18.1. The van der Waals surface area contributed by atoms with Gasteiger partial charge in [0.2, 0.25) is 11.8 Å². The van der Waals surface area contributed by atoms with Gasteiger partial charge in [0.1, 0.15) is 6.04 Å². The number of amides is 2. The average Bonchev–Trinajstić information content (AvgIpc) is 3.26. The highest BCUT2D eigenvalue weighted by Crippen LogP contribution is 2.49. The van der Waals surface area contributed by atoms with Gasteiger partial charge in [-0.1, -0.05) is 66.7 Å². The molecule has 3 aliphatic heterocycles. The highest BCUT2D eigenvalue weighted by molar-refractivity contribution is 6.27. The topological polar surface area (TPSA) is 57.7 Å². The van der Waals surface area contributed by atoms with Crippen LogP contribution in [-0.4, -0.2) is 29.7 Å². The van der Waals surface area contributed by atoms with Crippen molar-refractivity contribution in [3.05, 3.63) is 78.4 Å². The summed E-state index contributed by atoms with van der Waals surface area (Å²) in [5, 5.41) is 1.82. The number of ketones is 1. The Balaban J connectivity index is 1.50. The molecule has 5 heteroatoms. The molecule has 3 heterocycles. The zero-order chi connectivity index (χ0) is 21.3. The molecule has 2 fully saturated rings. The number of rotatable bonds is 2. The second-order valence-electron chi connectivity index (χ2n) is 8.43. The van der Waals surface area contributed by atoms with Crippen LogP contribution in [0.2, 0.25) is 0 Å². The lowest BCUT2D eigenvalue weighted by molar-refractivity contribution is -0.126. The van der Waals surface area contributed by atoms with Crippen LogP contribution in [0.1, 0.15) is 12.5 Å². The van der Waals surface area contributed by atoms with E-state index in [1.54, 1.807) is 0 Å². The van der Waals surface area contributed by atoms with Crippen LogP contribution in [-0.2, 0) is 14.4 Å². The van der Waals surface area contributed by atoms with Crippen LogP contribution < -0.4 is 9.80 Å². The number of anilines is 2. The van der Waals surface area contributed by atoms with Crippen LogP contribution in [0.4, 0.5) is 11.4 Å². The molecule has 0 unspecified atom stereocenters. The van der Waals surface area contributed by atoms with Gasteiger partial charge in [-0.15, -0.1) is 0 Å². The highest BCUT2D eigenvalue weighted by Gasteiger charge is 2.63. The van der Waals surface area contributed by atoms with Crippen molar-refractivity contribution in [2.24, 2.45) is 11.8 Å². The summed E-state index contributed by atoms with van der Waals surface area (Å²) in [4.78, 5) is 43.5. The SMILES string of the molecule is CC(=O)[C@@H]1[C@@H]2C(=O)N(c3cccc4ccccc34)C(=O)[C@@H]2[C@@H]2C=Cc3ccccc3N12. The molecule has 2 amide bonds. The summed E-state index contributed by atoms with van der Waals surface area (Å²) in [5.41, 5.74) is 2.49. The van der Waals surface area contributed by atoms with Crippen molar-refractivity contribution in [3.63, 3.8) is 0 Å². The van der Waals surface area contributed by atoms with E-state index in [4.69, 9.17) is 0 Å². The number of nitrogens with zero attached hydrogens (tertiary/aromatic N) is 2. The van der Waals surface area contributed by atoms with Gasteiger partial charge < -0.3 is 4.90 Å². The second-order valence-corrected chi connectivity index (χ2v) is 8.43. The number of hydrogen-bond acceptors (Lipinski definition) is 4. The van der Waals surface area contributed by atoms with Gasteiger partial charge in [-0.2, -0.15) is 0 Å². The Bertz CT molecular complexity index is 1310. The molecular formula is C26H20N2O3. The Morgan fingerprint density at radius 1 is 0.806 bits per heavy atom. The molecule has 0 radical (unpaired) electrons. The van der Waals surface area contributed by atoms with Gasteiger partial charge in [-0.25, -0.2) is 4.90 Å². The lowest BCUT2D eigenvalue weighted by atomic mass is 9.88. The number of Topliss-reactive ketones (excluding diaryl/α,β-unsaturated/α-hetero) is 1. The van der Waals surface area contributed by atoms with Crippen LogP contribution in [0, 0.1) is 11.8 Å². The molecule has 3 aromatic carbocycles. The maximum Gasteiger partial charge on any atom is 0.240 e. The standard InChI is InChI=1S/C26H20N2O3/c1-15(29)24-23-22(21-14-13-17-8-3-5-11-19(17)27(21)24)25(30)28(26(23)31)20-12-6-9-16-7-2-4-10-18(16)20/h2-14,21-24H,1H3/t21-,22+,23+,24+/m0/s1. The fraction of sp³-hybridized carbons (Fsp3) is 0.192. The van der Waals surface area contributed by atoms with Crippen molar-refractivity contribution >= 4 is 45.8 Å². The first-order valence-corrected chi connectivity index (χ1v) is 10.5. The first-order valence-electron chi connectivity index (χ1n) is 10.5. The number of fused-ring (bicyclic) bond motifs is 6. The molecule has 5 nitrogen and oxygen atoms in total. The van der Waals surface area contributed by atoms with Gasteiger partial charge in [0, 0.05) is 11.1 Å². The lowest BCUT2D eigenvalue weighted by Crippen LogP contribution is -2.48. The van der Waals surface area contributed by atoms with Gasteiger partial charge in [0.05, 0.1) is 23.6 Å². The van der Waals surface area contributed by atoms with Gasteiger partial charge >= 0.3 is 0 Å². The van der Waals surface area contributed by atoms with Gasteiger partial charge in [0.15, 0.2) is 5.78 Å². The molecule has 3 aromatic rings. The van der Waals surface area contributed by atoms with Crippen molar-refractivity contribution in [2.45, 2.75) is 19.0 Å². The minimum atomic E-state index is -0.690. The molecule has 0 aliphatic carbocycles. The molecular weight excluding hydrogens is 388 g/mol. The third kappa shape index (κ3) is 2.34. The second kappa shape index (κ2) is 6.38. The van der Waals surface area contributed by atoms with E-state index >= 15 is 0 Å². The summed E-state index contributed by atoms with van der Waals surface area (Å²) in [5.74, 6) is -1.88. The summed E-state index contributed by atoms with van der Waals surface area (Å²) in [6, 6.07) is 20.2. The van der Waals surface area contributed by atoms with Crippen molar-refractivity contribution in [2.75, 3.05) is 9.80 Å². The number of para-hydroxylation sites is 1. The minimum Gasteiger partial charge on any atom is -0.353 e. The molecule has 31 heavy (non-hydrogen) atoms. The number of carbonyl (C=O) groups excluding carboxylic acids is 3. The lowest BCUT2D eigenvalue weighted by Gasteiger charge is -2.36. The Hall–Kier alpha value is -3.73. The van der Waals surface area contributed by atoms with E-state index in [0.29, 0.717) is 5.69 Å². The van der Waals surface area contributed by atoms with Gasteiger partial charge in [0.25, 0.3) is 0 Å². The average molecular weight is 408 g/mol. The fourth-order valence-corrected chi connectivity index (χ4v) is 5.61. The van der Waals surface area contributed by atoms with Crippen LogP contribution in [0.15, 0.2) is 72.8 Å². The summed E-state index contributed by atoms with van der Waals surface area (Å²) < 4.78 is 0. The molecule has 4 atom stereocenters. The molecule has 2 saturated heterocycles. The van der Waals surface area contributed by atoms with Crippen molar-refractivity contribution in [3.8, 4) is 0 Å². The summed E-state index contributed by atoms with van der Waals surface area (Å²) in [6.45, 7) is 1.52. The predicted molar refractivity (Wildman–Crippen MR) is 120 cm³/mol. The summed E-state index contributed by atoms with van der Waals surface area (Å²) in [7, 11) is 0. The van der Waals surface area contributed by atoms with E-state index in [9.17, 15) is 14.4 Å². The first-order chi connectivity index (χ1) is 15.1. The number of benzene rings is 3. The predicted octanol–water partition coefficient (Wildman–Crippen LogP) is 3.82. The highest BCUT2D eigenvalue weighted by atomic mass is 16.2. The van der Waals surface area contributed by atoms with Gasteiger partial charge in [-0.3, -0.25) is 14.4 Å². The molecule has 152 valence electrons. The number of hydrogen-bond donors (Lipinski definition) is 0.